The lowest BCUT2D eigenvalue weighted by atomic mass is 9.94. The monoisotopic (exact) mass is 677 g/mol. The van der Waals surface area contributed by atoms with Crippen LogP contribution in [0.4, 0.5) is 0 Å². The predicted octanol–water partition coefficient (Wildman–Crippen LogP) is 12.9. The van der Waals surface area contributed by atoms with Gasteiger partial charge in [0.05, 0.1) is 0 Å². The van der Waals surface area contributed by atoms with Crippen molar-refractivity contribution in [2.24, 2.45) is 0 Å². The van der Waals surface area contributed by atoms with Crippen molar-refractivity contribution in [2.75, 3.05) is 0 Å². The summed E-state index contributed by atoms with van der Waals surface area (Å²) in [6.07, 6.45) is 0. The van der Waals surface area contributed by atoms with Crippen LogP contribution in [0, 0.1) is 0 Å². The molecule has 10 aromatic rings. The van der Waals surface area contributed by atoms with Gasteiger partial charge in [0.2, 0.25) is 0 Å². The molecule has 0 bridgehead atoms. The summed E-state index contributed by atoms with van der Waals surface area (Å²) in [6, 6.07) is 65.0. The number of furan rings is 1. The maximum absolute atomic E-state index is 6.69. The minimum absolute atomic E-state index is 0.590. The Bertz CT molecular complexity index is 2920. The van der Waals surface area contributed by atoms with E-state index in [9.17, 15) is 0 Å². The van der Waals surface area contributed by atoms with E-state index >= 15 is 0 Å². The van der Waals surface area contributed by atoms with Crippen LogP contribution < -0.4 is 0 Å². The number of rotatable bonds is 6. The molecule has 4 heteroatoms. The van der Waals surface area contributed by atoms with Gasteiger partial charge < -0.3 is 4.42 Å². The van der Waals surface area contributed by atoms with E-state index in [1.165, 1.54) is 22.3 Å². The second kappa shape index (κ2) is 12.9. The molecule has 8 aromatic carbocycles. The van der Waals surface area contributed by atoms with Gasteiger partial charge in [0.15, 0.2) is 17.5 Å². The average molecular weight is 678 g/mol. The van der Waals surface area contributed by atoms with Crippen LogP contribution in [0.2, 0.25) is 0 Å². The predicted molar refractivity (Wildman–Crippen MR) is 217 cm³/mol. The van der Waals surface area contributed by atoms with E-state index in [1.807, 2.05) is 54.6 Å². The van der Waals surface area contributed by atoms with Crippen LogP contribution in [0.25, 0.3) is 100 Å². The molecule has 4 nitrogen and oxygen atoms in total. The molecule has 0 atom stereocenters. The third-order valence-electron chi connectivity index (χ3n) is 9.99. The first-order valence-electron chi connectivity index (χ1n) is 17.8. The summed E-state index contributed by atoms with van der Waals surface area (Å²) in [6.45, 7) is 0. The molecule has 0 aliphatic carbocycles. The molecule has 0 N–H and O–H groups in total. The topological polar surface area (TPSA) is 51.8 Å². The van der Waals surface area contributed by atoms with E-state index in [1.54, 1.807) is 0 Å². The number of nitrogens with zero attached hydrogens (tertiary/aromatic N) is 3. The standard InChI is InChI=1S/C49H31N3O/c1-4-14-32(15-5-1)33-24-26-35(27-25-33)38-29-31-43(45-42-22-12-13-23-44(42)53-46(38)45)49-51-47(36-18-8-3-9-19-36)50-48(52-49)41-30-28-37(34-16-6-2-7-17-34)39-20-10-11-21-40(39)41/h1-31H. The van der Waals surface area contributed by atoms with Crippen LogP contribution in [-0.2, 0) is 0 Å². The van der Waals surface area contributed by atoms with Crippen molar-refractivity contribution in [1.82, 2.24) is 15.0 Å². The number of para-hydroxylation sites is 1. The van der Waals surface area contributed by atoms with Crippen molar-refractivity contribution in [3.63, 3.8) is 0 Å². The van der Waals surface area contributed by atoms with E-state index in [2.05, 4.69) is 133 Å². The van der Waals surface area contributed by atoms with Crippen molar-refractivity contribution in [2.45, 2.75) is 0 Å². The summed E-state index contributed by atoms with van der Waals surface area (Å²) in [5, 5.41) is 4.22. The zero-order valence-electron chi connectivity index (χ0n) is 28.6. The first-order valence-corrected chi connectivity index (χ1v) is 17.8. The Morgan fingerprint density at radius 2 is 0.717 bits per heavy atom. The third-order valence-corrected chi connectivity index (χ3v) is 9.99. The van der Waals surface area contributed by atoms with Crippen LogP contribution in [0.1, 0.15) is 0 Å². The first kappa shape index (κ1) is 30.6. The van der Waals surface area contributed by atoms with Gasteiger partial charge >= 0.3 is 0 Å². The quantitative estimate of drug-likeness (QED) is 0.176. The van der Waals surface area contributed by atoms with E-state index in [-0.39, 0.29) is 0 Å². The van der Waals surface area contributed by atoms with Crippen LogP contribution in [0.3, 0.4) is 0 Å². The minimum atomic E-state index is 0.590. The normalized spacial score (nSPS) is 11.4. The first-order chi connectivity index (χ1) is 26.3. The highest BCUT2D eigenvalue weighted by molar-refractivity contribution is 6.16. The molecule has 0 radical (unpaired) electrons. The van der Waals surface area contributed by atoms with Gasteiger partial charge in [-0.3, -0.25) is 0 Å². The van der Waals surface area contributed by atoms with E-state index in [0.717, 1.165) is 60.5 Å². The second-order valence-corrected chi connectivity index (χ2v) is 13.2. The number of fused-ring (bicyclic) bond motifs is 4. The molecule has 0 unspecified atom stereocenters. The van der Waals surface area contributed by atoms with Crippen LogP contribution >= 0.6 is 0 Å². The highest BCUT2D eigenvalue weighted by Crippen LogP contribution is 2.42. The molecular weight excluding hydrogens is 647 g/mol. The summed E-state index contributed by atoms with van der Waals surface area (Å²) >= 11 is 0. The molecule has 0 saturated heterocycles. The number of aromatic nitrogens is 3. The Kier molecular flexibility index (Phi) is 7.43. The van der Waals surface area contributed by atoms with Gasteiger partial charge in [-0.25, -0.2) is 15.0 Å². The van der Waals surface area contributed by atoms with Gasteiger partial charge in [-0.2, -0.15) is 0 Å². The van der Waals surface area contributed by atoms with Crippen molar-refractivity contribution in [3.05, 3.63) is 188 Å². The summed E-state index contributed by atoms with van der Waals surface area (Å²) in [4.78, 5) is 15.6. The van der Waals surface area contributed by atoms with Crippen LogP contribution in [0.15, 0.2) is 192 Å². The van der Waals surface area contributed by atoms with Gasteiger partial charge in [-0.05, 0) is 62.9 Å². The summed E-state index contributed by atoms with van der Waals surface area (Å²) in [5.74, 6) is 1.82. The summed E-state index contributed by atoms with van der Waals surface area (Å²) in [7, 11) is 0. The van der Waals surface area contributed by atoms with Crippen molar-refractivity contribution >= 4 is 32.7 Å². The lowest BCUT2D eigenvalue weighted by Crippen LogP contribution is -2.01. The Balaban J connectivity index is 1.19. The molecule has 0 amide bonds. The molecule has 248 valence electrons. The Morgan fingerprint density at radius 3 is 1.42 bits per heavy atom. The SMILES string of the molecule is c1ccc(-c2ccc(-c3ccc(-c4nc(-c5ccccc5)nc(-c5ccc(-c6ccccc6)c6ccccc56)n4)c4c3oc3ccccc34)cc2)cc1. The largest absolute Gasteiger partial charge is 0.455 e. The molecule has 53 heavy (non-hydrogen) atoms. The number of hydrogen-bond donors (Lipinski definition) is 0. The maximum Gasteiger partial charge on any atom is 0.164 e. The summed E-state index contributed by atoms with van der Waals surface area (Å²) in [5.41, 5.74) is 11.2. The Hall–Kier alpha value is -7.17. The van der Waals surface area contributed by atoms with Crippen LogP contribution in [0.5, 0.6) is 0 Å². The zero-order valence-corrected chi connectivity index (χ0v) is 28.6. The molecule has 0 fully saturated rings. The Morgan fingerprint density at radius 1 is 0.283 bits per heavy atom. The zero-order chi connectivity index (χ0) is 35.1. The molecule has 10 rings (SSSR count). The number of benzene rings is 8. The molecule has 2 heterocycles. The average Bonchev–Trinajstić information content (AvgIpc) is 3.64. The molecule has 0 saturated carbocycles. The van der Waals surface area contributed by atoms with Gasteiger partial charge in [-0.15, -0.1) is 0 Å². The van der Waals surface area contributed by atoms with E-state index in [4.69, 9.17) is 19.4 Å². The fourth-order valence-corrected chi connectivity index (χ4v) is 7.41. The lowest BCUT2D eigenvalue weighted by molar-refractivity contribution is 0.670. The van der Waals surface area contributed by atoms with Gasteiger partial charge in [0.25, 0.3) is 0 Å². The molecular formula is C49H31N3O. The summed E-state index contributed by atoms with van der Waals surface area (Å²) < 4.78 is 6.69. The van der Waals surface area contributed by atoms with Gasteiger partial charge in [-0.1, -0.05) is 164 Å². The smallest absolute Gasteiger partial charge is 0.164 e. The minimum Gasteiger partial charge on any atom is -0.455 e. The molecule has 0 aliphatic rings. The third kappa shape index (κ3) is 5.45. The van der Waals surface area contributed by atoms with Crippen molar-refractivity contribution in [1.29, 1.82) is 0 Å². The van der Waals surface area contributed by atoms with E-state index < -0.39 is 0 Å². The lowest BCUT2D eigenvalue weighted by Gasteiger charge is -2.14. The number of hydrogen-bond acceptors (Lipinski definition) is 4. The van der Waals surface area contributed by atoms with Gasteiger partial charge in [0, 0.05) is 33.0 Å². The molecule has 2 aromatic heterocycles. The fourth-order valence-electron chi connectivity index (χ4n) is 7.41. The van der Waals surface area contributed by atoms with Crippen LogP contribution in [-0.4, -0.2) is 15.0 Å². The molecule has 0 aliphatic heterocycles. The fraction of sp³-hybridized carbons (Fsp3) is 0. The Labute approximate surface area is 306 Å². The van der Waals surface area contributed by atoms with Crippen molar-refractivity contribution in [3.8, 4) is 67.5 Å². The van der Waals surface area contributed by atoms with Gasteiger partial charge in [0.1, 0.15) is 11.2 Å². The highest BCUT2D eigenvalue weighted by Gasteiger charge is 2.21. The molecule has 0 spiro atoms. The second-order valence-electron chi connectivity index (χ2n) is 13.2. The van der Waals surface area contributed by atoms with Crippen molar-refractivity contribution < 1.29 is 4.42 Å². The maximum atomic E-state index is 6.69. The van der Waals surface area contributed by atoms with E-state index in [0.29, 0.717) is 17.5 Å². The highest BCUT2D eigenvalue weighted by atomic mass is 16.3.